The number of tetrazole rings is 1. The summed E-state index contributed by atoms with van der Waals surface area (Å²) in [5.74, 6) is 0.553. The fourth-order valence-electron chi connectivity index (χ4n) is 7.73. The molecule has 1 fully saturated rings. The maximum atomic E-state index is 16.0. The fourth-order valence-corrected chi connectivity index (χ4v) is 12.6. The molecule has 3 atom stereocenters. The summed E-state index contributed by atoms with van der Waals surface area (Å²) in [6.07, 6.45) is -1.07. The lowest BCUT2D eigenvalue weighted by Crippen LogP contribution is -2.50. The standard InChI is InChI=1S/C46H62N8O9S2Si/c1-33-26-37(32-55)24-25-53(33)40-22-23-41(64(58,59)48-28-39(27-47-45(56)57)63-66(6,7)46(2,3)4)43(42(40)44-49-51-54(50-44)31-36-18-20-38(62-5)21-19-36)65(60,61)52(29-34-14-10-8-11-15-34)30-35-16-12-9-13-17-35/h8-23,33,37,39,47-48,55H,24-32H2,1-7H3,(H,56,57). The SMILES string of the molecule is COc1ccc(Cn2nnc(-c3c(N4CCC(CO)CC4C)ccc(S(=O)(=O)NCC(CNC(=O)O)O[Si](C)(C)C(C)(C)C)c3S(=O)(=O)N(Cc3ccccc3)Cc3ccccc3)n2)cc1. The zero-order valence-corrected chi connectivity index (χ0v) is 41.2. The smallest absolute Gasteiger partial charge is 0.404 e. The molecule has 1 saturated heterocycles. The van der Waals surface area contributed by atoms with Crippen LogP contribution in [0, 0.1) is 5.92 Å². The molecule has 0 radical (unpaired) electrons. The highest BCUT2D eigenvalue weighted by atomic mass is 32.2. The third kappa shape index (κ3) is 12.2. The molecule has 0 aliphatic carbocycles. The largest absolute Gasteiger partial charge is 0.497 e. The lowest BCUT2D eigenvalue weighted by molar-refractivity contribution is 0.163. The highest BCUT2D eigenvalue weighted by Crippen LogP contribution is 2.43. The van der Waals surface area contributed by atoms with Crippen LogP contribution in [0.4, 0.5) is 10.5 Å². The van der Waals surface area contributed by atoms with Gasteiger partial charge < -0.3 is 29.6 Å². The average Bonchev–Trinajstić information content (AvgIpc) is 3.75. The van der Waals surface area contributed by atoms with Crippen LogP contribution in [0.5, 0.6) is 5.75 Å². The van der Waals surface area contributed by atoms with Crippen molar-refractivity contribution in [3.05, 3.63) is 114 Å². The van der Waals surface area contributed by atoms with Crippen molar-refractivity contribution in [3.8, 4) is 17.1 Å². The van der Waals surface area contributed by atoms with Crippen molar-refractivity contribution in [1.29, 1.82) is 0 Å². The van der Waals surface area contributed by atoms with E-state index in [1.54, 1.807) is 73.8 Å². The monoisotopic (exact) mass is 962 g/mol. The Morgan fingerprint density at radius 2 is 1.53 bits per heavy atom. The van der Waals surface area contributed by atoms with Crippen molar-refractivity contribution in [3.63, 3.8) is 0 Å². The van der Waals surface area contributed by atoms with Crippen LogP contribution in [-0.2, 0) is 44.1 Å². The van der Waals surface area contributed by atoms with Gasteiger partial charge in [0, 0.05) is 51.1 Å². The molecule has 6 rings (SSSR count). The molecule has 0 spiro atoms. The van der Waals surface area contributed by atoms with Gasteiger partial charge in [-0.05, 0) is 90.0 Å². The van der Waals surface area contributed by atoms with Crippen LogP contribution in [0.2, 0.25) is 18.1 Å². The van der Waals surface area contributed by atoms with E-state index in [-0.39, 0.29) is 67.7 Å². The first-order chi connectivity index (χ1) is 31.2. The van der Waals surface area contributed by atoms with Crippen molar-refractivity contribution in [2.45, 2.75) is 100 Å². The predicted octanol–water partition coefficient (Wildman–Crippen LogP) is 6.32. The summed E-state index contributed by atoms with van der Waals surface area (Å²) < 4.78 is 77.8. The van der Waals surface area contributed by atoms with Crippen LogP contribution in [0.1, 0.15) is 57.2 Å². The molecule has 4 aromatic carbocycles. The molecule has 5 aromatic rings. The first-order valence-corrected chi connectivity index (χ1v) is 27.7. The van der Waals surface area contributed by atoms with Crippen molar-refractivity contribution < 1.29 is 41.0 Å². The molecule has 2 heterocycles. The van der Waals surface area contributed by atoms with Crippen LogP contribution < -0.4 is 19.7 Å². The minimum atomic E-state index is -4.85. The van der Waals surface area contributed by atoms with Crippen molar-refractivity contribution in [2.75, 3.05) is 38.3 Å². The zero-order valence-electron chi connectivity index (χ0n) is 38.6. The Morgan fingerprint density at radius 3 is 2.08 bits per heavy atom. The molecule has 3 unspecified atom stereocenters. The number of ether oxygens (including phenoxy) is 1. The Bertz CT molecular complexity index is 2590. The summed E-state index contributed by atoms with van der Waals surface area (Å²) in [4.78, 5) is 13.9. The van der Waals surface area contributed by atoms with Gasteiger partial charge in [-0.15, -0.1) is 10.2 Å². The number of aliphatic hydroxyl groups excluding tert-OH is 1. The van der Waals surface area contributed by atoms with Gasteiger partial charge >= 0.3 is 6.09 Å². The number of carboxylic acid groups (broad SMARTS) is 1. The van der Waals surface area contributed by atoms with Crippen LogP contribution in [0.3, 0.4) is 0 Å². The van der Waals surface area contributed by atoms with Crippen molar-refractivity contribution >= 4 is 40.1 Å². The van der Waals surface area contributed by atoms with E-state index in [2.05, 4.69) is 20.4 Å². The molecule has 1 aliphatic rings. The first kappa shape index (κ1) is 50.2. The van der Waals surface area contributed by atoms with E-state index in [9.17, 15) is 15.0 Å². The third-order valence-corrected chi connectivity index (χ3v) is 20.4. The van der Waals surface area contributed by atoms with Crippen molar-refractivity contribution in [2.24, 2.45) is 5.92 Å². The number of benzene rings is 4. The highest BCUT2D eigenvalue weighted by molar-refractivity contribution is 7.92. The molecule has 0 saturated carbocycles. The number of methoxy groups -OCH3 is 1. The van der Waals surface area contributed by atoms with Gasteiger partial charge in [0.25, 0.3) is 0 Å². The van der Waals surface area contributed by atoms with Crippen LogP contribution in [-0.4, -0.2) is 111 Å². The van der Waals surface area contributed by atoms with Gasteiger partial charge in [0.1, 0.15) is 15.5 Å². The summed E-state index contributed by atoms with van der Waals surface area (Å²) in [6, 6.07) is 28.0. The number of nitrogens with zero attached hydrogens (tertiary/aromatic N) is 6. The lowest BCUT2D eigenvalue weighted by atomic mass is 9.91. The normalized spacial score (nSPS) is 16.6. The number of hydrogen-bond donors (Lipinski definition) is 4. The molecule has 1 aromatic heterocycles. The Kier molecular flexibility index (Phi) is 16.1. The summed E-state index contributed by atoms with van der Waals surface area (Å²) in [5.41, 5.74) is 2.45. The second-order valence-corrected chi connectivity index (χ2v) is 26.5. The van der Waals surface area contributed by atoms with E-state index < -0.39 is 50.4 Å². The molecule has 1 aliphatic heterocycles. The number of carbonyl (C=O) groups is 1. The molecule has 4 N–H and O–H groups in total. The number of aromatic nitrogens is 4. The quantitative estimate of drug-likeness (QED) is 0.0629. The molecular weight excluding hydrogens is 901 g/mol. The summed E-state index contributed by atoms with van der Waals surface area (Å²) in [6.45, 7) is 11.7. The second-order valence-electron chi connectivity index (χ2n) is 18.2. The Hall–Kier alpha value is -5.22. The molecule has 356 valence electrons. The van der Waals surface area contributed by atoms with E-state index in [1.807, 2.05) is 70.0 Å². The third-order valence-electron chi connectivity index (χ3n) is 12.4. The number of rotatable bonds is 20. The van der Waals surface area contributed by atoms with Crippen LogP contribution in [0.25, 0.3) is 11.4 Å². The number of piperidine rings is 1. The van der Waals surface area contributed by atoms with E-state index in [4.69, 9.17) is 14.3 Å². The zero-order chi connectivity index (χ0) is 47.9. The van der Waals surface area contributed by atoms with E-state index in [1.165, 1.54) is 15.2 Å². The van der Waals surface area contributed by atoms with Gasteiger partial charge in [0.05, 0.1) is 25.3 Å². The number of anilines is 1. The number of nitrogens with one attached hydrogen (secondary N) is 2. The molecule has 0 bridgehead atoms. The fraction of sp³-hybridized carbons (Fsp3) is 0.435. The summed E-state index contributed by atoms with van der Waals surface area (Å²) >= 11 is 0. The molecular formula is C46H62N8O9S2Si. The Labute approximate surface area is 389 Å². The van der Waals surface area contributed by atoms with Gasteiger partial charge in [-0.25, -0.2) is 26.4 Å². The van der Waals surface area contributed by atoms with Gasteiger partial charge in [0.15, 0.2) is 8.32 Å². The van der Waals surface area contributed by atoms with Crippen molar-refractivity contribution in [1.82, 2.24) is 34.6 Å². The average molecular weight is 963 g/mol. The molecule has 20 heteroatoms. The predicted molar refractivity (Wildman–Crippen MR) is 255 cm³/mol. The summed E-state index contributed by atoms with van der Waals surface area (Å²) in [7, 11) is -10.6. The number of hydrogen-bond acceptors (Lipinski definition) is 12. The summed E-state index contributed by atoms with van der Waals surface area (Å²) in [5, 5.41) is 35.2. The van der Waals surface area contributed by atoms with E-state index in [0.717, 1.165) is 5.56 Å². The van der Waals surface area contributed by atoms with E-state index in [0.29, 0.717) is 42.0 Å². The van der Waals surface area contributed by atoms with E-state index >= 15 is 16.8 Å². The molecule has 1 amide bonds. The minimum Gasteiger partial charge on any atom is -0.497 e. The topological polar surface area (TPSA) is 218 Å². The Morgan fingerprint density at radius 1 is 0.909 bits per heavy atom. The first-order valence-electron chi connectivity index (χ1n) is 21.9. The van der Waals surface area contributed by atoms with Crippen LogP contribution in [0.15, 0.2) is 107 Å². The molecule has 17 nitrogen and oxygen atoms in total. The maximum absolute atomic E-state index is 16.0. The van der Waals surface area contributed by atoms with Crippen LogP contribution >= 0.6 is 0 Å². The second kappa shape index (κ2) is 21.2. The van der Waals surface area contributed by atoms with Gasteiger partial charge in [-0.2, -0.15) is 9.10 Å². The Balaban J connectivity index is 1.58. The van der Waals surface area contributed by atoms with Gasteiger partial charge in [-0.1, -0.05) is 93.6 Å². The highest BCUT2D eigenvalue weighted by Gasteiger charge is 2.42. The minimum absolute atomic E-state index is 0.00912. The number of amides is 1. The maximum Gasteiger partial charge on any atom is 0.404 e. The van der Waals surface area contributed by atoms with Gasteiger partial charge in [0.2, 0.25) is 25.9 Å². The molecule has 66 heavy (non-hydrogen) atoms. The number of sulfonamides is 2. The lowest BCUT2D eigenvalue weighted by Gasteiger charge is -2.40. The number of aliphatic hydroxyl groups is 1. The van der Waals surface area contributed by atoms with Gasteiger partial charge in [-0.3, -0.25) is 0 Å².